The molecular formula is C16H16F2N2O2S. The number of benzene rings is 1. The number of piperidine rings is 1. The fourth-order valence-electron chi connectivity index (χ4n) is 2.93. The Hall–Kier alpha value is -1.86. The van der Waals surface area contributed by atoms with Crippen LogP contribution in [0.25, 0.3) is 0 Å². The first kappa shape index (κ1) is 16.0. The Kier molecular flexibility index (Phi) is 4.41. The molecule has 1 aliphatic heterocycles. The highest BCUT2D eigenvalue weighted by Gasteiger charge is 2.32. The van der Waals surface area contributed by atoms with E-state index in [9.17, 15) is 17.2 Å². The predicted octanol–water partition coefficient (Wildman–Crippen LogP) is 2.93. The molecular weight excluding hydrogens is 322 g/mol. The summed E-state index contributed by atoms with van der Waals surface area (Å²) in [5.74, 6) is -1.45. The van der Waals surface area contributed by atoms with Crippen molar-refractivity contribution >= 4 is 10.0 Å². The van der Waals surface area contributed by atoms with Crippen molar-refractivity contribution in [2.24, 2.45) is 0 Å². The fraction of sp³-hybridized carbons (Fsp3) is 0.312. The minimum atomic E-state index is -3.60. The van der Waals surface area contributed by atoms with Gasteiger partial charge in [-0.25, -0.2) is 17.2 Å². The first-order valence-electron chi connectivity index (χ1n) is 7.34. The number of halogens is 2. The topological polar surface area (TPSA) is 50.3 Å². The number of hydrogen-bond donors (Lipinski definition) is 0. The third-order valence-corrected chi connectivity index (χ3v) is 6.02. The van der Waals surface area contributed by atoms with Crippen LogP contribution in [-0.4, -0.2) is 30.8 Å². The summed E-state index contributed by atoms with van der Waals surface area (Å²) in [6, 6.07) is 6.85. The van der Waals surface area contributed by atoms with Crippen LogP contribution in [0.4, 0.5) is 8.78 Å². The standard InChI is InChI=1S/C16H16F2N2O2S/c17-14-4-1-5-15(18)16(14)12-6-9-20(10-7-12)23(21,22)13-3-2-8-19-11-13/h1-5,8,11-12H,6-7,9-10H2. The lowest BCUT2D eigenvalue weighted by Crippen LogP contribution is -2.38. The number of rotatable bonds is 3. The number of sulfonamides is 1. The monoisotopic (exact) mass is 338 g/mol. The van der Waals surface area contributed by atoms with E-state index in [1.54, 1.807) is 6.07 Å². The highest BCUT2D eigenvalue weighted by Crippen LogP contribution is 2.33. The Balaban J connectivity index is 1.77. The van der Waals surface area contributed by atoms with Crippen LogP contribution in [0.2, 0.25) is 0 Å². The van der Waals surface area contributed by atoms with Crippen molar-refractivity contribution in [3.63, 3.8) is 0 Å². The van der Waals surface area contributed by atoms with Gasteiger partial charge in [-0.3, -0.25) is 4.98 Å². The quantitative estimate of drug-likeness (QED) is 0.865. The van der Waals surface area contributed by atoms with Crippen LogP contribution in [-0.2, 0) is 10.0 Å². The summed E-state index contributed by atoms with van der Waals surface area (Å²) in [5, 5.41) is 0. The second kappa shape index (κ2) is 6.33. The van der Waals surface area contributed by atoms with Crippen LogP contribution in [0.1, 0.15) is 24.3 Å². The van der Waals surface area contributed by atoms with E-state index in [1.807, 2.05) is 0 Å². The Morgan fingerprint density at radius 1 is 1.04 bits per heavy atom. The van der Waals surface area contributed by atoms with Gasteiger partial charge in [0.1, 0.15) is 16.5 Å². The molecule has 0 spiro atoms. The molecule has 2 aromatic rings. The molecule has 1 aromatic heterocycles. The Labute approximate surface area is 133 Å². The number of pyridine rings is 1. The van der Waals surface area contributed by atoms with E-state index in [4.69, 9.17) is 0 Å². The van der Waals surface area contributed by atoms with Gasteiger partial charge in [0, 0.05) is 31.0 Å². The molecule has 0 radical (unpaired) electrons. The molecule has 0 N–H and O–H groups in total. The van der Waals surface area contributed by atoms with Crippen molar-refractivity contribution < 1.29 is 17.2 Å². The normalized spacial score (nSPS) is 17.3. The average molecular weight is 338 g/mol. The van der Waals surface area contributed by atoms with E-state index in [0.717, 1.165) is 0 Å². The van der Waals surface area contributed by atoms with Gasteiger partial charge < -0.3 is 0 Å². The summed E-state index contributed by atoms with van der Waals surface area (Å²) >= 11 is 0. The third-order valence-electron chi connectivity index (χ3n) is 4.13. The van der Waals surface area contributed by atoms with Crippen LogP contribution in [0.15, 0.2) is 47.6 Å². The fourth-order valence-corrected chi connectivity index (χ4v) is 4.37. The van der Waals surface area contributed by atoms with E-state index in [-0.39, 0.29) is 29.5 Å². The van der Waals surface area contributed by atoms with E-state index < -0.39 is 21.7 Å². The molecule has 1 saturated heterocycles. The van der Waals surface area contributed by atoms with Crippen LogP contribution in [0, 0.1) is 11.6 Å². The van der Waals surface area contributed by atoms with Gasteiger partial charge in [-0.05, 0) is 43.0 Å². The summed E-state index contributed by atoms with van der Waals surface area (Å²) in [7, 11) is -3.60. The number of nitrogens with zero attached hydrogens (tertiary/aromatic N) is 2. The van der Waals surface area contributed by atoms with Crippen molar-refractivity contribution in [2.45, 2.75) is 23.7 Å². The van der Waals surface area contributed by atoms with Gasteiger partial charge in [0.25, 0.3) is 0 Å². The molecule has 23 heavy (non-hydrogen) atoms. The van der Waals surface area contributed by atoms with Crippen LogP contribution in [0.5, 0.6) is 0 Å². The summed E-state index contributed by atoms with van der Waals surface area (Å²) in [6.45, 7) is 0.464. The van der Waals surface area contributed by atoms with Crippen molar-refractivity contribution in [1.29, 1.82) is 0 Å². The highest BCUT2D eigenvalue weighted by molar-refractivity contribution is 7.89. The summed E-state index contributed by atoms with van der Waals surface area (Å²) < 4.78 is 54.1. The lowest BCUT2D eigenvalue weighted by Gasteiger charge is -2.31. The molecule has 7 heteroatoms. The zero-order valence-corrected chi connectivity index (χ0v) is 13.1. The Bertz CT molecular complexity index is 769. The van der Waals surface area contributed by atoms with E-state index in [1.165, 1.54) is 41.0 Å². The lowest BCUT2D eigenvalue weighted by molar-refractivity contribution is 0.311. The van der Waals surface area contributed by atoms with Gasteiger partial charge in [0.15, 0.2) is 0 Å². The predicted molar refractivity (Wildman–Crippen MR) is 81.3 cm³/mol. The van der Waals surface area contributed by atoms with Gasteiger partial charge in [0.05, 0.1) is 0 Å². The molecule has 0 unspecified atom stereocenters. The molecule has 4 nitrogen and oxygen atoms in total. The van der Waals surface area contributed by atoms with Crippen LogP contribution >= 0.6 is 0 Å². The average Bonchev–Trinajstić information content (AvgIpc) is 2.56. The summed E-state index contributed by atoms with van der Waals surface area (Å²) in [4.78, 5) is 3.96. The minimum Gasteiger partial charge on any atom is -0.263 e. The largest absolute Gasteiger partial charge is 0.263 e. The minimum absolute atomic E-state index is 0.0610. The molecule has 0 aliphatic carbocycles. The first-order valence-corrected chi connectivity index (χ1v) is 8.78. The van der Waals surface area contributed by atoms with Crippen LogP contribution < -0.4 is 0 Å². The van der Waals surface area contributed by atoms with Crippen molar-refractivity contribution in [3.05, 3.63) is 59.9 Å². The zero-order chi connectivity index (χ0) is 16.4. The highest BCUT2D eigenvalue weighted by atomic mass is 32.2. The number of aromatic nitrogens is 1. The maximum Gasteiger partial charge on any atom is 0.244 e. The van der Waals surface area contributed by atoms with E-state index >= 15 is 0 Å². The number of hydrogen-bond acceptors (Lipinski definition) is 3. The van der Waals surface area contributed by atoms with E-state index in [0.29, 0.717) is 12.8 Å². The van der Waals surface area contributed by atoms with Gasteiger partial charge in [0.2, 0.25) is 10.0 Å². The smallest absolute Gasteiger partial charge is 0.244 e. The maximum absolute atomic E-state index is 13.9. The van der Waals surface area contributed by atoms with Crippen molar-refractivity contribution in [2.75, 3.05) is 13.1 Å². The molecule has 1 aromatic carbocycles. The van der Waals surface area contributed by atoms with Gasteiger partial charge in [-0.15, -0.1) is 0 Å². The molecule has 1 fully saturated rings. The van der Waals surface area contributed by atoms with Crippen molar-refractivity contribution in [3.8, 4) is 0 Å². The Morgan fingerprint density at radius 3 is 2.26 bits per heavy atom. The molecule has 0 amide bonds. The SMILES string of the molecule is O=S(=O)(c1cccnc1)N1CCC(c2c(F)cccc2F)CC1. The molecule has 2 heterocycles. The van der Waals surface area contributed by atoms with Crippen molar-refractivity contribution in [1.82, 2.24) is 9.29 Å². The second-order valence-electron chi connectivity index (χ2n) is 5.50. The maximum atomic E-state index is 13.9. The van der Waals surface area contributed by atoms with Gasteiger partial charge >= 0.3 is 0 Å². The molecule has 0 saturated carbocycles. The molecule has 1 aliphatic rings. The molecule has 0 bridgehead atoms. The van der Waals surface area contributed by atoms with Crippen LogP contribution in [0.3, 0.4) is 0 Å². The molecule has 3 rings (SSSR count). The molecule has 0 atom stereocenters. The zero-order valence-electron chi connectivity index (χ0n) is 12.3. The Morgan fingerprint density at radius 2 is 1.70 bits per heavy atom. The summed E-state index contributed by atoms with van der Waals surface area (Å²) in [6.07, 6.45) is 3.58. The third kappa shape index (κ3) is 3.11. The van der Waals surface area contributed by atoms with E-state index in [2.05, 4.69) is 4.98 Å². The van der Waals surface area contributed by atoms with Gasteiger partial charge in [-0.2, -0.15) is 4.31 Å². The lowest BCUT2D eigenvalue weighted by atomic mass is 9.89. The van der Waals surface area contributed by atoms with Gasteiger partial charge in [-0.1, -0.05) is 6.07 Å². The second-order valence-corrected chi connectivity index (χ2v) is 7.44. The molecule has 122 valence electrons. The first-order chi connectivity index (χ1) is 11.0. The summed E-state index contributed by atoms with van der Waals surface area (Å²) in [5.41, 5.74) is 0.0610.